The van der Waals surface area contributed by atoms with Crippen molar-refractivity contribution < 1.29 is 5.11 Å². The van der Waals surface area contributed by atoms with Gasteiger partial charge in [-0.15, -0.1) is 11.3 Å². The van der Waals surface area contributed by atoms with Gasteiger partial charge in [-0.2, -0.15) is 4.37 Å². The summed E-state index contributed by atoms with van der Waals surface area (Å²) in [6.45, 7) is 2.84. The lowest BCUT2D eigenvalue weighted by molar-refractivity contribution is 0.105. The molecule has 5 nitrogen and oxygen atoms in total. The van der Waals surface area contributed by atoms with Crippen LogP contribution in [0.1, 0.15) is 31.4 Å². The number of nitrogens with zero attached hydrogens (tertiary/aromatic N) is 2. The van der Waals surface area contributed by atoms with Crippen LogP contribution in [0.3, 0.4) is 0 Å². The topological polar surface area (TPSA) is 84.1 Å². The zero-order valence-electron chi connectivity index (χ0n) is 12.0. The first-order chi connectivity index (χ1) is 10.1. The van der Waals surface area contributed by atoms with Gasteiger partial charge in [-0.1, -0.05) is 6.42 Å². The summed E-state index contributed by atoms with van der Waals surface area (Å²) in [5.41, 5.74) is 7.93. The molecule has 0 aliphatic heterocycles. The Balaban J connectivity index is 1.71. The molecule has 0 radical (unpaired) electrons. The van der Waals surface area contributed by atoms with Crippen LogP contribution in [0.5, 0.6) is 0 Å². The van der Waals surface area contributed by atoms with E-state index in [4.69, 9.17) is 5.73 Å². The number of aliphatic hydroxyl groups is 1. The fourth-order valence-electron chi connectivity index (χ4n) is 2.78. The summed E-state index contributed by atoms with van der Waals surface area (Å²) < 4.78 is 4.26. The van der Waals surface area contributed by atoms with Gasteiger partial charge in [0.05, 0.1) is 11.7 Å². The lowest BCUT2D eigenvalue weighted by Gasteiger charge is -2.26. The molecule has 0 aromatic carbocycles. The number of rotatable bonds is 4. The van der Waals surface area contributed by atoms with E-state index in [1.807, 2.05) is 12.3 Å². The Morgan fingerprint density at radius 1 is 1.48 bits per heavy atom. The van der Waals surface area contributed by atoms with Gasteiger partial charge < -0.3 is 16.2 Å². The Bertz CT molecular complexity index is 610. The Hall–Kier alpha value is -1.18. The van der Waals surface area contributed by atoms with Gasteiger partial charge in [0.15, 0.2) is 0 Å². The van der Waals surface area contributed by atoms with Crippen LogP contribution >= 0.6 is 22.9 Å². The average Bonchev–Trinajstić information content (AvgIpc) is 3.02. The third-order valence-electron chi connectivity index (χ3n) is 3.86. The predicted octanol–water partition coefficient (Wildman–Crippen LogP) is 3.12. The van der Waals surface area contributed by atoms with Crippen molar-refractivity contribution in [2.45, 2.75) is 38.7 Å². The number of anilines is 2. The maximum atomic E-state index is 9.75. The van der Waals surface area contributed by atoms with Crippen LogP contribution in [0.15, 0.2) is 5.38 Å². The number of hydrogen-bond donors (Lipinski definition) is 3. The number of thiazole rings is 1. The number of nitrogens with two attached hydrogens (primary N) is 1. The molecular weight excluding hydrogens is 304 g/mol. The third kappa shape index (κ3) is 3.36. The minimum Gasteiger partial charge on any atom is -0.393 e. The van der Waals surface area contributed by atoms with Crippen molar-refractivity contribution in [2.24, 2.45) is 5.92 Å². The SMILES string of the molecule is Cc1csc(-c2c(N)nsc2NCC2CCCC(O)C2)n1. The second-order valence-electron chi connectivity index (χ2n) is 5.63. The number of nitrogens with one attached hydrogen (secondary N) is 1. The van der Waals surface area contributed by atoms with Crippen molar-refractivity contribution in [1.29, 1.82) is 0 Å². The van der Waals surface area contributed by atoms with Gasteiger partial charge in [0.2, 0.25) is 0 Å². The molecule has 1 aliphatic carbocycles. The molecule has 0 spiro atoms. The van der Waals surface area contributed by atoms with Crippen molar-refractivity contribution in [3.05, 3.63) is 11.1 Å². The van der Waals surface area contributed by atoms with E-state index in [2.05, 4.69) is 14.7 Å². The standard InChI is InChI=1S/C14H20N4OS2/c1-8-7-20-14(17-8)11-12(15)18-21-13(11)16-6-9-3-2-4-10(19)5-9/h7,9-10,16,19H,2-6H2,1H3,(H2,15,18). The number of nitrogen functional groups attached to an aromatic ring is 1. The van der Waals surface area contributed by atoms with Crippen LogP contribution in [-0.2, 0) is 0 Å². The molecule has 2 aromatic rings. The highest BCUT2D eigenvalue weighted by Gasteiger charge is 2.22. The molecule has 2 aromatic heterocycles. The monoisotopic (exact) mass is 324 g/mol. The summed E-state index contributed by atoms with van der Waals surface area (Å²) in [6, 6.07) is 0. The van der Waals surface area contributed by atoms with Gasteiger partial charge in [0, 0.05) is 17.6 Å². The summed E-state index contributed by atoms with van der Waals surface area (Å²) in [4.78, 5) is 4.51. The van der Waals surface area contributed by atoms with Gasteiger partial charge in [-0.3, -0.25) is 0 Å². The molecule has 2 atom stereocenters. The van der Waals surface area contributed by atoms with Crippen LogP contribution in [0, 0.1) is 12.8 Å². The van der Waals surface area contributed by atoms with Crippen LogP contribution < -0.4 is 11.1 Å². The van der Waals surface area contributed by atoms with E-state index in [9.17, 15) is 5.11 Å². The van der Waals surface area contributed by atoms with Crippen molar-refractivity contribution in [1.82, 2.24) is 9.36 Å². The van der Waals surface area contributed by atoms with E-state index in [1.54, 1.807) is 11.3 Å². The minimum absolute atomic E-state index is 0.141. The highest BCUT2D eigenvalue weighted by Crippen LogP contribution is 2.38. The Labute approximate surface area is 132 Å². The van der Waals surface area contributed by atoms with Crippen LogP contribution in [0.4, 0.5) is 10.8 Å². The zero-order chi connectivity index (χ0) is 14.8. The number of aromatic nitrogens is 2. The molecule has 2 unspecified atom stereocenters. The molecule has 1 saturated carbocycles. The maximum Gasteiger partial charge on any atom is 0.149 e. The second kappa shape index (κ2) is 6.29. The van der Waals surface area contributed by atoms with Crippen LogP contribution in [0.2, 0.25) is 0 Å². The molecule has 1 fully saturated rings. The van der Waals surface area contributed by atoms with Crippen molar-refractivity contribution in [2.75, 3.05) is 17.6 Å². The summed E-state index contributed by atoms with van der Waals surface area (Å²) in [5.74, 6) is 1.06. The highest BCUT2D eigenvalue weighted by molar-refractivity contribution is 7.15. The molecule has 3 rings (SSSR count). The van der Waals surface area contributed by atoms with E-state index in [0.29, 0.717) is 11.7 Å². The molecule has 2 heterocycles. The van der Waals surface area contributed by atoms with Gasteiger partial charge in [0.25, 0.3) is 0 Å². The second-order valence-corrected chi connectivity index (χ2v) is 7.26. The molecule has 7 heteroatoms. The van der Waals surface area contributed by atoms with E-state index in [1.165, 1.54) is 18.0 Å². The first kappa shape index (κ1) is 14.7. The molecule has 4 N–H and O–H groups in total. The third-order valence-corrected chi connectivity index (χ3v) is 5.65. The summed E-state index contributed by atoms with van der Waals surface area (Å²) >= 11 is 2.98. The van der Waals surface area contributed by atoms with Crippen molar-refractivity contribution in [3.63, 3.8) is 0 Å². The highest BCUT2D eigenvalue weighted by atomic mass is 32.1. The quantitative estimate of drug-likeness (QED) is 0.805. The molecule has 0 amide bonds. The van der Waals surface area contributed by atoms with E-state index in [-0.39, 0.29) is 6.10 Å². The van der Waals surface area contributed by atoms with Gasteiger partial charge in [-0.05, 0) is 43.6 Å². The molecule has 21 heavy (non-hydrogen) atoms. The molecule has 114 valence electrons. The van der Waals surface area contributed by atoms with E-state index < -0.39 is 0 Å². The predicted molar refractivity (Wildman–Crippen MR) is 88.8 cm³/mol. The molecular formula is C14H20N4OS2. The fourth-order valence-corrected chi connectivity index (χ4v) is 4.43. The number of aliphatic hydroxyl groups excluding tert-OH is 1. The van der Waals surface area contributed by atoms with Crippen LogP contribution in [0.25, 0.3) is 10.6 Å². The smallest absolute Gasteiger partial charge is 0.149 e. The summed E-state index contributed by atoms with van der Waals surface area (Å²) in [5, 5.41) is 17.1. The molecule has 1 aliphatic rings. The van der Waals surface area contributed by atoms with E-state index in [0.717, 1.165) is 47.1 Å². The first-order valence-corrected chi connectivity index (χ1v) is 8.88. The van der Waals surface area contributed by atoms with E-state index >= 15 is 0 Å². The normalized spacial score (nSPS) is 22.4. The van der Waals surface area contributed by atoms with Gasteiger partial charge >= 0.3 is 0 Å². The Morgan fingerprint density at radius 3 is 3.05 bits per heavy atom. The molecule has 0 bridgehead atoms. The Morgan fingerprint density at radius 2 is 2.33 bits per heavy atom. The largest absolute Gasteiger partial charge is 0.393 e. The van der Waals surface area contributed by atoms with Crippen molar-refractivity contribution >= 4 is 33.7 Å². The Kier molecular flexibility index (Phi) is 4.42. The fraction of sp³-hybridized carbons (Fsp3) is 0.571. The maximum absolute atomic E-state index is 9.75. The lowest BCUT2D eigenvalue weighted by atomic mass is 9.87. The first-order valence-electron chi connectivity index (χ1n) is 7.23. The number of hydrogen-bond acceptors (Lipinski definition) is 7. The lowest BCUT2D eigenvalue weighted by Crippen LogP contribution is -2.24. The number of aryl methyl sites for hydroxylation is 1. The zero-order valence-corrected chi connectivity index (χ0v) is 13.6. The van der Waals surface area contributed by atoms with Gasteiger partial charge in [0.1, 0.15) is 15.8 Å². The van der Waals surface area contributed by atoms with Crippen LogP contribution in [-0.4, -0.2) is 27.1 Å². The van der Waals surface area contributed by atoms with Gasteiger partial charge in [-0.25, -0.2) is 4.98 Å². The molecule has 0 saturated heterocycles. The summed E-state index contributed by atoms with van der Waals surface area (Å²) in [6.07, 6.45) is 3.96. The summed E-state index contributed by atoms with van der Waals surface area (Å²) in [7, 11) is 0. The van der Waals surface area contributed by atoms with Crippen molar-refractivity contribution in [3.8, 4) is 10.6 Å². The average molecular weight is 324 g/mol. The minimum atomic E-state index is -0.141.